The first-order chi connectivity index (χ1) is 13.9. The lowest BCUT2D eigenvalue weighted by molar-refractivity contribution is -0.141. The minimum absolute atomic E-state index is 0.0385. The predicted octanol–water partition coefficient (Wildman–Crippen LogP) is 2.89. The van der Waals surface area contributed by atoms with Gasteiger partial charge in [-0.3, -0.25) is 4.79 Å². The summed E-state index contributed by atoms with van der Waals surface area (Å²) in [5.41, 5.74) is 4.18. The lowest BCUT2D eigenvalue weighted by Gasteiger charge is -2.18. The minimum Gasteiger partial charge on any atom is -0.369 e. The first kappa shape index (κ1) is 21.8. The van der Waals surface area contributed by atoms with Crippen LogP contribution in [-0.2, 0) is 27.4 Å². The second kappa shape index (κ2) is 7.74. The van der Waals surface area contributed by atoms with Gasteiger partial charge in [-0.2, -0.15) is 18.3 Å². The maximum atomic E-state index is 13.0. The number of primary sulfonamides is 1. The number of amides is 1. The van der Waals surface area contributed by atoms with E-state index < -0.39 is 32.7 Å². The Morgan fingerprint density at radius 2 is 1.80 bits per heavy atom. The molecular formula is C18H14ClF3N4O3S. The van der Waals surface area contributed by atoms with Gasteiger partial charge in [0.1, 0.15) is 4.90 Å². The normalized spacial score (nSPS) is 12.2. The van der Waals surface area contributed by atoms with Crippen LogP contribution in [0.15, 0.2) is 53.6 Å². The van der Waals surface area contributed by atoms with Crippen LogP contribution in [0.3, 0.4) is 0 Å². The van der Waals surface area contributed by atoms with Crippen molar-refractivity contribution in [3.63, 3.8) is 0 Å². The van der Waals surface area contributed by atoms with E-state index in [2.05, 4.69) is 5.10 Å². The lowest BCUT2D eigenvalue weighted by Crippen LogP contribution is -2.20. The molecule has 7 nitrogen and oxygen atoms in total. The highest BCUT2D eigenvalue weighted by Gasteiger charge is 2.34. The van der Waals surface area contributed by atoms with Crippen molar-refractivity contribution in [3.05, 3.63) is 64.9 Å². The third kappa shape index (κ3) is 4.32. The fourth-order valence-electron chi connectivity index (χ4n) is 2.98. The molecule has 30 heavy (non-hydrogen) atoms. The average Bonchev–Trinajstić information content (AvgIpc) is 3.11. The Hall–Kier alpha value is -2.89. The molecule has 0 aliphatic carbocycles. The number of carbonyl (C=O) groups excluding carboxylic acids is 1. The highest BCUT2D eigenvalue weighted by molar-refractivity contribution is 7.89. The Labute approximate surface area is 174 Å². The maximum Gasteiger partial charge on any atom is 0.435 e. The standard InChI is InChI=1S/C18H14ClF3N4O3S/c19-12-4-2-1-3-11(12)16-10(9-15(23)27)5-6-13(17(16)30(24,28)29)26-8-7-14(25-26)18(20,21)22/h1-8H,9H2,(H2,23,27)(H2,24,28,29). The van der Waals surface area contributed by atoms with Crippen LogP contribution in [-0.4, -0.2) is 24.1 Å². The van der Waals surface area contributed by atoms with Crippen LogP contribution in [0.25, 0.3) is 16.8 Å². The fourth-order valence-corrected chi connectivity index (χ4v) is 4.19. The summed E-state index contributed by atoms with van der Waals surface area (Å²) in [5, 5.41) is 8.99. The third-order valence-electron chi connectivity index (χ3n) is 4.14. The number of sulfonamides is 1. The molecule has 0 aliphatic rings. The monoisotopic (exact) mass is 458 g/mol. The summed E-state index contributed by atoms with van der Waals surface area (Å²) < 4.78 is 64.7. The smallest absolute Gasteiger partial charge is 0.369 e. The number of alkyl halides is 3. The van der Waals surface area contributed by atoms with E-state index in [9.17, 15) is 26.4 Å². The number of nitrogens with zero attached hydrogens (tertiary/aromatic N) is 2. The van der Waals surface area contributed by atoms with Gasteiger partial charge in [0, 0.05) is 22.3 Å². The number of nitrogens with two attached hydrogens (primary N) is 2. The zero-order chi connectivity index (χ0) is 22.3. The molecule has 0 bridgehead atoms. The molecule has 0 radical (unpaired) electrons. The van der Waals surface area contributed by atoms with Crippen LogP contribution in [0.2, 0.25) is 5.02 Å². The van der Waals surface area contributed by atoms with Gasteiger partial charge in [0.15, 0.2) is 5.69 Å². The Kier molecular flexibility index (Phi) is 5.63. The van der Waals surface area contributed by atoms with Gasteiger partial charge in [0.2, 0.25) is 15.9 Å². The number of halogens is 4. The van der Waals surface area contributed by atoms with Gasteiger partial charge >= 0.3 is 6.18 Å². The zero-order valence-electron chi connectivity index (χ0n) is 15.0. The van der Waals surface area contributed by atoms with Crippen LogP contribution in [0.4, 0.5) is 13.2 Å². The van der Waals surface area contributed by atoms with Crippen LogP contribution in [0.1, 0.15) is 11.3 Å². The summed E-state index contributed by atoms with van der Waals surface area (Å²) in [5.74, 6) is -0.755. The summed E-state index contributed by atoms with van der Waals surface area (Å²) in [7, 11) is -4.51. The number of rotatable bonds is 5. The molecule has 0 fully saturated rings. The van der Waals surface area contributed by atoms with Crippen molar-refractivity contribution in [1.82, 2.24) is 9.78 Å². The summed E-state index contributed by atoms with van der Waals surface area (Å²) in [6, 6.07) is 9.41. The van der Waals surface area contributed by atoms with Gasteiger partial charge < -0.3 is 5.73 Å². The lowest BCUT2D eigenvalue weighted by atomic mass is 9.96. The quantitative estimate of drug-likeness (QED) is 0.610. The van der Waals surface area contributed by atoms with E-state index in [-0.39, 0.29) is 33.8 Å². The summed E-state index contributed by atoms with van der Waals surface area (Å²) in [6.07, 6.45) is -4.13. The number of aromatic nitrogens is 2. The van der Waals surface area contributed by atoms with Crippen molar-refractivity contribution in [2.45, 2.75) is 17.5 Å². The summed E-state index contributed by atoms with van der Waals surface area (Å²) in [4.78, 5) is 11.0. The molecule has 0 saturated heterocycles. The van der Waals surface area contributed by atoms with E-state index in [1.165, 1.54) is 24.3 Å². The predicted molar refractivity (Wildman–Crippen MR) is 103 cm³/mol. The van der Waals surface area contributed by atoms with Crippen molar-refractivity contribution >= 4 is 27.5 Å². The van der Waals surface area contributed by atoms with Crippen molar-refractivity contribution < 1.29 is 26.4 Å². The molecule has 0 atom stereocenters. The van der Waals surface area contributed by atoms with Crippen molar-refractivity contribution in [2.75, 3.05) is 0 Å². The molecular weight excluding hydrogens is 445 g/mol. The van der Waals surface area contributed by atoms with Gasteiger partial charge in [-0.1, -0.05) is 35.9 Å². The molecule has 0 spiro atoms. The molecule has 2 aromatic carbocycles. The van der Waals surface area contributed by atoms with E-state index in [1.54, 1.807) is 12.1 Å². The van der Waals surface area contributed by atoms with Gasteiger partial charge in [-0.15, -0.1) is 0 Å². The Morgan fingerprint density at radius 1 is 1.13 bits per heavy atom. The average molecular weight is 459 g/mol. The minimum atomic E-state index is -4.73. The van der Waals surface area contributed by atoms with Crippen molar-refractivity contribution in [3.8, 4) is 16.8 Å². The topological polar surface area (TPSA) is 121 Å². The first-order valence-electron chi connectivity index (χ1n) is 8.24. The molecule has 1 aromatic heterocycles. The third-order valence-corrected chi connectivity index (χ3v) is 5.45. The van der Waals surface area contributed by atoms with E-state index in [4.69, 9.17) is 22.5 Å². The van der Waals surface area contributed by atoms with Crippen LogP contribution in [0.5, 0.6) is 0 Å². The highest BCUT2D eigenvalue weighted by atomic mass is 35.5. The van der Waals surface area contributed by atoms with Crippen LogP contribution >= 0.6 is 11.6 Å². The summed E-state index contributed by atoms with van der Waals surface area (Å²) in [6.45, 7) is 0. The molecule has 0 saturated carbocycles. The van der Waals surface area contributed by atoms with Gasteiger partial charge in [0.25, 0.3) is 0 Å². The Balaban J connectivity index is 2.41. The van der Waals surface area contributed by atoms with Crippen molar-refractivity contribution in [1.29, 1.82) is 0 Å². The number of hydrogen-bond acceptors (Lipinski definition) is 4. The van der Waals surface area contributed by atoms with E-state index >= 15 is 0 Å². The molecule has 1 heterocycles. The molecule has 3 aromatic rings. The van der Waals surface area contributed by atoms with E-state index in [1.807, 2.05) is 0 Å². The zero-order valence-corrected chi connectivity index (χ0v) is 16.6. The fraction of sp³-hybridized carbons (Fsp3) is 0.111. The second-order valence-corrected chi connectivity index (χ2v) is 8.16. The Bertz CT molecular complexity index is 1240. The first-order valence-corrected chi connectivity index (χ1v) is 10.2. The maximum absolute atomic E-state index is 13.0. The van der Waals surface area contributed by atoms with Crippen LogP contribution < -0.4 is 10.9 Å². The van der Waals surface area contributed by atoms with Crippen LogP contribution in [0, 0.1) is 0 Å². The SMILES string of the molecule is NC(=O)Cc1ccc(-n2ccc(C(F)(F)F)n2)c(S(N)(=O)=O)c1-c1ccccc1Cl. The number of primary amides is 1. The number of hydrogen-bond donors (Lipinski definition) is 2. The largest absolute Gasteiger partial charge is 0.435 e. The van der Waals surface area contributed by atoms with E-state index in [0.717, 1.165) is 10.9 Å². The van der Waals surface area contributed by atoms with E-state index in [0.29, 0.717) is 6.07 Å². The summed E-state index contributed by atoms with van der Waals surface area (Å²) >= 11 is 6.23. The molecule has 4 N–H and O–H groups in total. The molecule has 1 amide bonds. The second-order valence-electron chi connectivity index (χ2n) is 6.26. The molecule has 3 rings (SSSR count). The molecule has 12 heteroatoms. The van der Waals surface area contributed by atoms with Crippen molar-refractivity contribution in [2.24, 2.45) is 10.9 Å². The molecule has 0 aliphatic heterocycles. The number of carbonyl (C=O) groups is 1. The Morgan fingerprint density at radius 3 is 2.33 bits per heavy atom. The number of benzene rings is 2. The molecule has 158 valence electrons. The van der Waals surface area contributed by atoms with Gasteiger partial charge in [-0.25, -0.2) is 18.2 Å². The van der Waals surface area contributed by atoms with Gasteiger partial charge in [0.05, 0.1) is 12.1 Å². The van der Waals surface area contributed by atoms with Gasteiger partial charge in [-0.05, 0) is 23.8 Å². The highest BCUT2D eigenvalue weighted by Crippen LogP contribution is 2.39. The molecule has 0 unspecified atom stereocenters.